The SMILES string of the molecule is CC.CCO.CCO.Cc1ccc2nc(N3CCC(N)CC3)c(C(N)N)cc2c1. The number of nitrogens with zero attached hydrogens (tertiary/aromatic N) is 2. The molecule has 166 valence electrons. The van der Waals surface area contributed by atoms with Gasteiger partial charge in [-0.2, -0.15) is 0 Å². The number of piperidine rings is 1. The fourth-order valence-corrected chi connectivity index (χ4v) is 2.91. The molecule has 8 N–H and O–H groups in total. The van der Waals surface area contributed by atoms with Crippen LogP contribution in [0, 0.1) is 6.92 Å². The molecule has 7 nitrogen and oxygen atoms in total. The number of aryl methyl sites for hydroxylation is 1. The standard InChI is InChI=1S/C16H23N5.2C2H6O.C2H6/c1-10-2-3-14-11(8-10)9-13(15(18)19)16(20-14)21-6-4-12(17)5-7-21;2*1-2-3;1-2/h2-3,8-9,12,15H,4-7,17-19H2,1H3;2*3H,2H2,1H3;1-2H3. The molecule has 7 heteroatoms. The summed E-state index contributed by atoms with van der Waals surface area (Å²) < 4.78 is 0. The monoisotopic (exact) mass is 407 g/mol. The third kappa shape index (κ3) is 9.06. The zero-order valence-electron chi connectivity index (χ0n) is 18.7. The smallest absolute Gasteiger partial charge is 0.135 e. The Morgan fingerprint density at radius 3 is 2.07 bits per heavy atom. The number of fused-ring (bicyclic) bond motifs is 1. The van der Waals surface area contributed by atoms with Crippen LogP contribution in [0.1, 0.15) is 57.8 Å². The number of rotatable bonds is 2. The molecule has 0 aliphatic carbocycles. The number of aliphatic hydroxyl groups is 2. The highest BCUT2D eigenvalue weighted by Crippen LogP contribution is 2.28. The van der Waals surface area contributed by atoms with Crippen molar-refractivity contribution < 1.29 is 10.2 Å². The highest BCUT2D eigenvalue weighted by Gasteiger charge is 2.21. The van der Waals surface area contributed by atoms with Gasteiger partial charge < -0.3 is 32.3 Å². The van der Waals surface area contributed by atoms with E-state index in [-0.39, 0.29) is 13.2 Å². The Hall–Kier alpha value is -1.77. The van der Waals surface area contributed by atoms with Crippen LogP contribution in [0.15, 0.2) is 24.3 Å². The zero-order valence-corrected chi connectivity index (χ0v) is 18.7. The van der Waals surface area contributed by atoms with Gasteiger partial charge in [-0.25, -0.2) is 4.98 Å². The maximum atomic E-state index is 7.57. The van der Waals surface area contributed by atoms with Gasteiger partial charge in [0.1, 0.15) is 5.82 Å². The summed E-state index contributed by atoms with van der Waals surface area (Å²) in [7, 11) is 0. The number of aromatic nitrogens is 1. The molecule has 0 bridgehead atoms. The molecule has 0 saturated carbocycles. The molecule has 0 atom stereocenters. The van der Waals surface area contributed by atoms with Gasteiger partial charge >= 0.3 is 0 Å². The van der Waals surface area contributed by atoms with Crippen molar-refractivity contribution in [3.05, 3.63) is 35.4 Å². The topological polar surface area (TPSA) is 135 Å². The first-order chi connectivity index (χ1) is 13.9. The van der Waals surface area contributed by atoms with E-state index in [2.05, 4.69) is 36.1 Å². The van der Waals surface area contributed by atoms with E-state index < -0.39 is 6.17 Å². The second-order valence-corrected chi connectivity index (χ2v) is 6.58. The zero-order chi connectivity index (χ0) is 22.4. The number of anilines is 1. The lowest BCUT2D eigenvalue weighted by Crippen LogP contribution is -2.41. The van der Waals surface area contributed by atoms with E-state index in [9.17, 15) is 0 Å². The van der Waals surface area contributed by atoms with Gasteiger partial charge in [-0.15, -0.1) is 0 Å². The summed E-state index contributed by atoms with van der Waals surface area (Å²) >= 11 is 0. The molecule has 1 aromatic heterocycles. The van der Waals surface area contributed by atoms with Crippen molar-refractivity contribution in [2.75, 3.05) is 31.2 Å². The van der Waals surface area contributed by atoms with E-state index >= 15 is 0 Å². The van der Waals surface area contributed by atoms with Gasteiger partial charge in [-0.3, -0.25) is 0 Å². The summed E-state index contributed by atoms with van der Waals surface area (Å²) in [6.45, 7) is 11.7. The maximum Gasteiger partial charge on any atom is 0.135 e. The van der Waals surface area contributed by atoms with Crippen molar-refractivity contribution in [1.82, 2.24) is 4.98 Å². The van der Waals surface area contributed by atoms with E-state index in [1.54, 1.807) is 13.8 Å². The normalized spacial score (nSPS) is 13.7. The first-order valence-electron chi connectivity index (χ1n) is 10.5. The molecule has 0 spiro atoms. The Kier molecular flexibility index (Phi) is 14.2. The van der Waals surface area contributed by atoms with Crippen molar-refractivity contribution in [2.45, 2.75) is 59.7 Å². The Balaban J connectivity index is 0.000000858. The lowest BCUT2D eigenvalue weighted by molar-refractivity contribution is 0.318. The van der Waals surface area contributed by atoms with E-state index in [1.807, 2.05) is 13.8 Å². The van der Waals surface area contributed by atoms with Crippen LogP contribution < -0.4 is 22.1 Å². The minimum absolute atomic E-state index is 0.250. The van der Waals surface area contributed by atoms with Crippen LogP contribution in [-0.2, 0) is 0 Å². The highest BCUT2D eigenvalue weighted by atomic mass is 16.3. The summed E-state index contributed by atoms with van der Waals surface area (Å²) in [4.78, 5) is 7.07. The van der Waals surface area contributed by atoms with Gasteiger partial charge in [0.15, 0.2) is 0 Å². The summed E-state index contributed by atoms with van der Waals surface area (Å²) in [5.74, 6) is 0.910. The Morgan fingerprint density at radius 2 is 1.59 bits per heavy atom. The number of pyridine rings is 1. The summed E-state index contributed by atoms with van der Waals surface area (Å²) in [6.07, 6.45) is 1.44. The Labute approximate surface area is 175 Å². The quantitative estimate of drug-likeness (QED) is 0.482. The van der Waals surface area contributed by atoms with Crippen molar-refractivity contribution in [3.8, 4) is 0 Å². The molecule has 1 aromatic carbocycles. The minimum atomic E-state index is -0.520. The summed E-state index contributed by atoms with van der Waals surface area (Å²) in [6, 6.07) is 8.61. The number of aliphatic hydroxyl groups excluding tert-OH is 2. The van der Waals surface area contributed by atoms with Crippen LogP contribution >= 0.6 is 0 Å². The molecule has 0 unspecified atom stereocenters. The Morgan fingerprint density at radius 1 is 1.07 bits per heavy atom. The lowest BCUT2D eigenvalue weighted by atomic mass is 10.0. The molecule has 0 radical (unpaired) electrons. The average Bonchev–Trinajstić information content (AvgIpc) is 2.70. The molecule has 1 fully saturated rings. The number of hydrogen-bond donors (Lipinski definition) is 5. The molecule has 1 saturated heterocycles. The largest absolute Gasteiger partial charge is 0.397 e. The molecule has 1 aliphatic rings. The summed E-state index contributed by atoms with van der Waals surface area (Å²) in [5, 5.41) is 16.2. The van der Waals surface area contributed by atoms with Crippen molar-refractivity contribution in [1.29, 1.82) is 0 Å². The molecule has 3 rings (SSSR count). The molecule has 1 aliphatic heterocycles. The van der Waals surface area contributed by atoms with Crippen LogP contribution in [0.5, 0.6) is 0 Å². The fraction of sp³-hybridized carbons (Fsp3) is 0.591. The molecule has 2 aromatic rings. The molecular formula is C22H41N5O2. The van der Waals surface area contributed by atoms with Crippen LogP contribution in [0.25, 0.3) is 10.9 Å². The number of nitrogens with two attached hydrogens (primary N) is 3. The lowest BCUT2D eigenvalue weighted by Gasteiger charge is -2.33. The van der Waals surface area contributed by atoms with Gasteiger partial charge in [0.05, 0.1) is 11.7 Å². The average molecular weight is 408 g/mol. The van der Waals surface area contributed by atoms with E-state index in [1.165, 1.54) is 5.56 Å². The van der Waals surface area contributed by atoms with Crippen molar-refractivity contribution in [3.63, 3.8) is 0 Å². The predicted octanol–water partition coefficient (Wildman–Crippen LogP) is 2.41. The van der Waals surface area contributed by atoms with Crippen LogP contribution in [0.2, 0.25) is 0 Å². The number of benzene rings is 1. The predicted molar refractivity (Wildman–Crippen MR) is 124 cm³/mol. The first-order valence-corrected chi connectivity index (χ1v) is 10.5. The van der Waals surface area contributed by atoms with Gasteiger partial charge in [-0.1, -0.05) is 25.5 Å². The van der Waals surface area contributed by atoms with Crippen LogP contribution in [0.4, 0.5) is 5.82 Å². The second kappa shape index (κ2) is 15.1. The van der Waals surface area contributed by atoms with Crippen molar-refractivity contribution >= 4 is 16.7 Å². The van der Waals surface area contributed by atoms with E-state index in [4.69, 9.17) is 32.4 Å². The highest BCUT2D eigenvalue weighted by molar-refractivity contribution is 5.82. The van der Waals surface area contributed by atoms with Gasteiger partial charge in [0.25, 0.3) is 0 Å². The molecule has 2 heterocycles. The molecule has 29 heavy (non-hydrogen) atoms. The number of hydrogen-bond acceptors (Lipinski definition) is 7. The summed E-state index contributed by atoms with van der Waals surface area (Å²) in [5.41, 5.74) is 21.0. The Bertz CT molecular complexity index is 684. The van der Waals surface area contributed by atoms with Gasteiger partial charge in [-0.05, 0) is 51.8 Å². The van der Waals surface area contributed by atoms with Crippen LogP contribution in [0.3, 0.4) is 0 Å². The van der Waals surface area contributed by atoms with Gasteiger partial charge in [0.2, 0.25) is 0 Å². The first kappa shape index (κ1) is 27.2. The second-order valence-electron chi connectivity index (χ2n) is 6.58. The maximum absolute atomic E-state index is 7.57. The minimum Gasteiger partial charge on any atom is -0.397 e. The molecular weight excluding hydrogens is 366 g/mol. The molecule has 0 amide bonds. The third-order valence-corrected chi connectivity index (χ3v) is 4.18. The fourth-order valence-electron chi connectivity index (χ4n) is 2.91. The van der Waals surface area contributed by atoms with Crippen LogP contribution in [-0.4, -0.2) is 47.5 Å². The van der Waals surface area contributed by atoms with E-state index in [0.29, 0.717) is 6.04 Å². The van der Waals surface area contributed by atoms with E-state index in [0.717, 1.165) is 48.2 Å². The van der Waals surface area contributed by atoms with Crippen molar-refractivity contribution in [2.24, 2.45) is 17.2 Å². The third-order valence-electron chi connectivity index (χ3n) is 4.18. The van der Waals surface area contributed by atoms with Gasteiger partial charge in [0, 0.05) is 43.3 Å².